The molecule has 0 radical (unpaired) electrons. The van der Waals surface area contributed by atoms with Crippen LogP contribution in [0.1, 0.15) is 18.2 Å². The molecule has 0 aliphatic heterocycles. The van der Waals surface area contributed by atoms with Crippen molar-refractivity contribution in [3.05, 3.63) is 40.0 Å². The highest BCUT2D eigenvalue weighted by atomic mass is 32.2. The Morgan fingerprint density at radius 1 is 1.35 bits per heavy atom. The number of para-hydroxylation sites is 1. The third-order valence-corrected chi connectivity index (χ3v) is 3.88. The maximum absolute atomic E-state index is 11.6. The minimum Gasteiger partial charge on any atom is -0.408 e. The first-order chi connectivity index (χ1) is 9.32. The molecule has 0 fully saturated rings. The van der Waals surface area contributed by atoms with E-state index in [9.17, 15) is 18.0 Å². The van der Waals surface area contributed by atoms with Gasteiger partial charge in [-0.1, -0.05) is 19.1 Å². The molecule has 20 heavy (non-hydrogen) atoms. The first-order valence-corrected chi connectivity index (χ1v) is 7.86. The number of carbonyl (C=O) groups excluding carboxylic acids is 1. The predicted molar refractivity (Wildman–Crippen MR) is 73.2 cm³/mol. The summed E-state index contributed by atoms with van der Waals surface area (Å²) in [6.45, 7) is 1.84. The van der Waals surface area contributed by atoms with Crippen LogP contribution in [-0.2, 0) is 27.5 Å². The predicted octanol–water partition coefficient (Wildman–Crippen LogP) is 0.864. The summed E-state index contributed by atoms with van der Waals surface area (Å²) >= 11 is 0. The number of nitrogens with zero attached hydrogens (tertiary/aromatic N) is 1. The monoisotopic (exact) mass is 295 g/mol. The molecule has 0 spiro atoms. The summed E-state index contributed by atoms with van der Waals surface area (Å²) in [4.78, 5) is 26.8. The fourth-order valence-electron chi connectivity index (χ4n) is 1.91. The fraction of sp³-hybridized carbons (Fsp3) is 0.308. The van der Waals surface area contributed by atoms with Gasteiger partial charge in [0.2, 0.25) is 9.84 Å². The molecule has 1 aromatic carbocycles. The molecule has 0 aliphatic carbocycles. The summed E-state index contributed by atoms with van der Waals surface area (Å²) in [5, 5.41) is -0.298. The number of benzene rings is 1. The van der Waals surface area contributed by atoms with Gasteiger partial charge in [-0.15, -0.1) is 0 Å². The van der Waals surface area contributed by atoms with Crippen LogP contribution in [0.4, 0.5) is 0 Å². The summed E-state index contributed by atoms with van der Waals surface area (Å²) in [7, 11) is -3.77. The van der Waals surface area contributed by atoms with Gasteiger partial charge in [-0.3, -0.25) is 4.79 Å². The van der Waals surface area contributed by atoms with Crippen LogP contribution in [0.5, 0.6) is 0 Å². The van der Waals surface area contributed by atoms with Gasteiger partial charge in [0.05, 0.1) is 12.1 Å². The lowest BCUT2D eigenvalue weighted by Crippen LogP contribution is -2.16. The Bertz CT molecular complexity index is 835. The molecule has 0 bridgehead atoms. The number of aromatic nitrogens is 1. The zero-order chi connectivity index (χ0) is 14.9. The lowest BCUT2D eigenvalue weighted by Gasteiger charge is -2.06. The van der Waals surface area contributed by atoms with Crippen molar-refractivity contribution in [2.24, 2.45) is 0 Å². The standard InChI is InChI=1S/C13H13NO5S/c1-3-10-9-6-4-5-8(7-11(15)20(2,17)18)12(9)19-13(16)14-10/h4-6H,3,7H2,1-2H3. The molecule has 0 N–H and O–H groups in total. The van der Waals surface area contributed by atoms with Gasteiger partial charge in [0, 0.05) is 17.2 Å². The summed E-state index contributed by atoms with van der Waals surface area (Å²) in [5.74, 6) is -0.756. The number of aryl methyl sites for hydroxylation is 1. The van der Waals surface area contributed by atoms with Crippen LogP contribution < -0.4 is 5.76 Å². The quantitative estimate of drug-likeness (QED) is 0.833. The van der Waals surface area contributed by atoms with Gasteiger partial charge in [-0.25, -0.2) is 13.2 Å². The smallest absolute Gasteiger partial charge is 0.408 e. The van der Waals surface area contributed by atoms with E-state index in [0.29, 0.717) is 23.1 Å². The first kappa shape index (κ1) is 14.4. The number of rotatable bonds is 3. The lowest BCUT2D eigenvalue weighted by atomic mass is 10.1. The number of fused-ring (bicyclic) bond motifs is 1. The molecular formula is C13H13NO5S. The highest BCUT2D eigenvalue weighted by Crippen LogP contribution is 2.21. The van der Waals surface area contributed by atoms with E-state index in [1.165, 1.54) is 0 Å². The van der Waals surface area contributed by atoms with Crippen molar-refractivity contribution in [1.29, 1.82) is 0 Å². The first-order valence-electron chi connectivity index (χ1n) is 5.97. The number of hydrogen-bond acceptors (Lipinski definition) is 6. The average Bonchev–Trinajstić information content (AvgIpc) is 2.37. The second kappa shape index (κ2) is 5.16. The molecule has 1 aromatic heterocycles. The van der Waals surface area contributed by atoms with E-state index in [1.807, 2.05) is 6.92 Å². The molecule has 0 amide bonds. The lowest BCUT2D eigenvalue weighted by molar-refractivity contribution is -0.111. The molecule has 6 nitrogen and oxygen atoms in total. The van der Waals surface area contributed by atoms with Crippen LogP contribution in [0.15, 0.2) is 27.4 Å². The van der Waals surface area contributed by atoms with Crippen LogP contribution in [-0.4, -0.2) is 24.8 Å². The normalized spacial score (nSPS) is 11.7. The maximum atomic E-state index is 11.6. The highest BCUT2D eigenvalue weighted by Gasteiger charge is 2.19. The Morgan fingerprint density at radius 3 is 2.65 bits per heavy atom. The largest absolute Gasteiger partial charge is 0.439 e. The van der Waals surface area contributed by atoms with E-state index in [1.54, 1.807) is 18.2 Å². The van der Waals surface area contributed by atoms with Gasteiger partial charge in [0.1, 0.15) is 5.58 Å². The number of carbonyl (C=O) groups is 1. The van der Waals surface area contributed by atoms with Crippen LogP contribution in [0.25, 0.3) is 11.0 Å². The van der Waals surface area contributed by atoms with E-state index >= 15 is 0 Å². The highest BCUT2D eigenvalue weighted by molar-refractivity contribution is 8.05. The SMILES string of the molecule is CCc1nc(=O)oc2c(CC(=O)S(C)(=O)=O)cccc12. The van der Waals surface area contributed by atoms with Crippen LogP contribution in [0.2, 0.25) is 0 Å². The Balaban J connectivity index is 2.64. The zero-order valence-corrected chi connectivity index (χ0v) is 11.9. The Labute approximate surface area is 115 Å². The van der Waals surface area contributed by atoms with Crippen molar-refractivity contribution >= 4 is 25.9 Å². The van der Waals surface area contributed by atoms with Crippen molar-refractivity contribution < 1.29 is 17.6 Å². The van der Waals surface area contributed by atoms with E-state index in [-0.39, 0.29) is 12.0 Å². The van der Waals surface area contributed by atoms with Crippen molar-refractivity contribution in [3.8, 4) is 0 Å². The Morgan fingerprint density at radius 2 is 2.05 bits per heavy atom. The van der Waals surface area contributed by atoms with E-state index in [2.05, 4.69) is 4.98 Å². The van der Waals surface area contributed by atoms with Crippen LogP contribution in [0, 0.1) is 0 Å². The maximum Gasteiger partial charge on any atom is 0.439 e. The molecule has 0 saturated carbocycles. The van der Waals surface area contributed by atoms with Gasteiger partial charge < -0.3 is 4.42 Å². The van der Waals surface area contributed by atoms with Crippen molar-refractivity contribution in [3.63, 3.8) is 0 Å². The molecule has 1 heterocycles. The van der Waals surface area contributed by atoms with Gasteiger partial charge in [-0.2, -0.15) is 4.98 Å². The summed E-state index contributed by atoms with van der Waals surface area (Å²) in [6.07, 6.45) is 1.06. The second-order valence-corrected chi connectivity index (χ2v) is 6.39. The molecule has 2 rings (SSSR count). The molecule has 0 atom stereocenters. The molecular weight excluding hydrogens is 282 g/mol. The Kier molecular flexibility index (Phi) is 3.71. The molecule has 0 unspecified atom stereocenters. The summed E-state index contributed by atoms with van der Waals surface area (Å²) in [5.41, 5.74) is 1.15. The molecule has 7 heteroatoms. The Hall–Kier alpha value is -2.02. The van der Waals surface area contributed by atoms with Crippen LogP contribution >= 0.6 is 0 Å². The van der Waals surface area contributed by atoms with E-state index < -0.39 is 20.7 Å². The van der Waals surface area contributed by atoms with Crippen molar-refractivity contribution in [1.82, 2.24) is 4.98 Å². The second-order valence-electron chi connectivity index (χ2n) is 4.39. The summed E-state index contributed by atoms with van der Waals surface area (Å²) < 4.78 is 27.5. The van der Waals surface area contributed by atoms with E-state index in [0.717, 1.165) is 6.26 Å². The van der Waals surface area contributed by atoms with Crippen molar-refractivity contribution in [2.45, 2.75) is 19.8 Å². The van der Waals surface area contributed by atoms with Crippen LogP contribution in [0.3, 0.4) is 0 Å². The zero-order valence-electron chi connectivity index (χ0n) is 11.0. The minimum atomic E-state index is -3.77. The van der Waals surface area contributed by atoms with Gasteiger partial charge >= 0.3 is 5.76 Å². The van der Waals surface area contributed by atoms with Gasteiger partial charge in [0.25, 0.3) is 5.12 Å². The molecule has 106 valence electrons. The third kappa shape index (κ3) is 2.77. The third-order valence-electron chi connectivity index (χ3n) is 2.91. The minimum absolute atomic E-state index is 0.223. The number of hydrogen-bond donors (Lipinski definition) is 0. The van der Waals surface area contributed by atoms with Gasteiger partial charge in [-0.05, 0) is 12.5 Å². The van der Waals surface area contributed by atoms with Crippen molar-refractivity contribution in [2.75, 3.05) is 6.26 Å². The summed E-state index contributed by atoms with van der Waals surface area (Å²) in [6, 6.07) is 4.96. The fourth-order valence-corrected chi connectivity index (χ4v) is 2.33. The molecule has 0 saturated heterocycles. The molecule has 0 aliphatic rings. The average molecular weight is 295 g/mol. The molecule has 2 aromatic rings. The number of sulfone groups is 1. The van der Waals surface area contributed by atoms with Gasteiger partial charge in [0.15, 0.2) is 0 Å². The topological polar surface area (TPSA) is 94.3 Å². The van der Waals surface area contributed by atoms with E-state index in [4.69, 9.17) is 4.42 Å².